The zero-order chi connectivity index (χ0) is 10.1. The van der Waals surface area contributed by atoms with Gasteiger partial charge in [0.05, 0.1) is 5.69 Å². The van der Waals surface area contributed by atoms with Crippen LogP contribution in [0.1, 0.15) is 25.2 Å². The molecule has 2 aromatic rings. The molecule has 0 aliphatic heterocycles. The smallest absolute Gasteiger partial charge is 0.234 e. The molecule has 14 heavy (non-hydrogen) atoms. The Kier molecular flexibility index (Phi) is 2.23. The van der Waals surface area contributed by atoms with Crippen molar-refractivity contribution in [1.29, 1.82) is 0 Å². The second-order valence-corrected chi connectivity index (χ2v) is 4.03. The molecular formula is C11H15N3. The minimum absolute atomic E-state index is 0.647. The second-order valence-electron chi connectivity index (χ2n) is 4.03. The van der Waals surface area contributed by atoms with E-state index in [1.807, 2.05) is 19.2 Å². The van der Waals surface area contributed by atoms with Gasteiger partial charge in [0.2, 0.25) is 5.78 Å². The van der Waals surface area contributed by atoms with Crippen molar-refractivity contribution in [3.8, 4) is 0 Å². The highest BCUT2D eigenvalue weighted by Crippen LogP contribution is 2.14. The van der Waals surface area contributed by atoms with E-state index in [4.69, 9.17) is 0 Å². The van der Waals surface area contributed by atoms with Crippen molar-refractivity contribution in [2.45, 2.75) is 27.2 Å². The third kappa shape index (κ3) is 1.50. The largest absolute Gasteiger partial charge is 0.288 e. The first-order valence-electron chi connectivity index (χ1n) is 4.97. The number of aromatic nitrogens is 3. The number of nitrogens with zero attached hydrogens (tertiary/aromatic N) is 3. The van der Waals surface area contributed by atoms with Crippen molar-refractivity contribution in [3.05, 3.63) is 29.8 Å². The summed E-state index contributed by atoms with van der Waals surface area (Å²) in [4.78, 5) is 8.64. The number of imidazole rings is 1. The van der Waals surface area contributed by atoms with E-state index in [0.29, 0.717) is 5.92 Å². The third-order valence-corrected chi connectivity index (χ3v) is 2.30. The van der Waals surface area contributed by atoms with Gasteiger partial charge in [0.15, 0.2) is 0 Å². The van der Waals surface area contributed by atoms with E-state index >= 15 is 0 Å². The molecule has 2 rings (SSSR count). The van der Waals surface area contributed by atoms with Gasteiger partial charge < -0.3 is 0 Å². The van der Waals surface area contributed by atoms with Gasteiger partial charge >= 0.3 is 0 Å². The molecule has 0 unspecified atom stereocenters. The van der Waals surface area contributed by atoms with E-state index in [2.05, 4.69) is 28.2 Å². The fourth-order valence-electron chi connectivity index (χ4n) is 1.68. The van der Waals surface area contributed by atoms with Crippen molar-refractivity contribution >= 4 is 5.78 Å². The van der Waals surface area contributed by atoms with Crippen LogP contribution in [-0.4, -0.2) is 14.4 Å². The maximum absolute atomic E-state index is 4.42. The van der Waals surface area contributed by atoms with Crippen molar-refractivity contribution in [3.63, 3.8) is 0 Å². The Hall–Kier alpha value is -1.38. The zero-order valence-electron chi connectivity index (χ0n) is 8.86. The quantitative estimate of drug-likeness (QED) is 0.725. The fourth-order valence-corrected chi connectivity index (χ4v) is 1.68. The van der Waals surface area contributed by atoms with Crippen molar-refractivity contribution in [1.82, 2.24) is 14.4 Å². The molecule has 0 aromatic carbocycles. The lowest BCUT2D eigenvalue weighted by atomic mass is 10.1. The molecule has 0 spiro atoms. The molecule has 2 heterocycles. The maximum Gasteiger partial charge on any atom is 0.234 e. The highest BCUT2D eigenvalue weighted by molar-refractivity contribution is 5.34. The highest BCUT2D eigenvalue weighted by Gasteiger charge is 2.09. The fraction of sp³-hybridized carbons (Fsp3) is 0.455. The predicted octanol–water partition coefficient (Wildman–Crippen LogP) is 2.24. The van der Waals surface area contributed by atoms with Crippen LogP contribution in [0.25, 0.3) is 5.78 Å². The zero-order valence-corrected chi connectivity index (χ0v) is 8.86. The summed E-state index contributed by atoms with van der Waals surface area (Å²) in [6, 6.07) is 1.94. The van der Waals surface area contributed by atoms with Crippen LogP contribution in [0.3, 0.4) is 0 Å². The molecule has 3 heteroatoms. The van der Waals surface area contributed by atoms with Crippen LogP contribution in [-0.2, 0) is 6.42 Å². The van der Waals surface area contributed by atoms with Gasteiger partial charge in [0.25, 0.3) is 0 Å². The standard InChI is InChI=1S/C11H15N3/c1-8(2)7-10-9(3)13-11-12-5-4-6-14(10)11/h4-6,8H,7H2,1-3H3. The number of hydrogen-bond donors (Lipinski definition) is 0. The Morgan fingerprint density at radius 3 is 2.93 bits per heavy atom. The molecular weight excluding hydrogens is 174 g/mol. The lowest BCUT2D eigenvalue weighted by Gasteiger charge is -2.04. The van der Waals surface area contributed by atoms with Crippen LogP contribution in [0.15, 0.2) is 18.5 Å². The second kappa shape index (κ2) is 3.40. The molecule has 0 aliphatic carbocycles. The normalized spacial score (nSPS) is 11.4. The molecule has 0 atom stereocenters. The first-order valence-corrected chi connectivity index (χ1v) is 4.97. The minimum atomic E-state index is 0.647. The monoisotopic (exact) mass is 189 g/mol. The molecule has 0 N–H and O–H groups in total. The first kappa shape index (κ1) is 9.19. The molecule has 2 aromatic heterocycles. The van der Waals surface area contributed by atoms with Crippen LogP contribution in [0.2, 0.25) is 0 Å². The SMILES string of the molecule is Cc1nc2ncccn2c1CC(C)C. The summed E-state index contributed by atoms with van der Waals surface area (Å²) in [7, 11) is 0. The third-order valence-electron chi connectivity index (χ3n) is 2.30. The van der Waals surface area contributed by atoms with Crippen LogP contribution < -0.4 is 0 Å². The molecule has 0 bridgehead atoms. The van der Waals surface area contributed by atoms with Crippen molar-refractivity contribution < 1.29 is 0 Å². The molecule has 0 radical (unpaired) electrons. The molecule has 0 amide bonds. The summed E-state index contributed by atoms with van der Waals surface area (Å²) in [5, 5.41) is 0. The lowest BCUT2D eigenvalue weighted by molar-refractivity contribution is 0.628. The van der Waals surface area contributed by atoms with Crippen LogP contribution in [0, 0.1) is 12.8 Å². The Labute approximate surface area is 83.8 Å². The van der Waals surface area contributed by atoms with Gasteiger partial charge in [-0.05, 0) is 25.3 Å². The van der Waals surface area contributed by atoms with Gasteiger partial charge in [0, 0.05) is 18.1 Å². The van der Waals surface area contributed by atoms with E-state index in [9.17, 15) is 0 Å². The highest BCUT2D eigenvalue weighted by atomic mass is 15.1. The van der Waals surface area contributed by atoms with Gasteiger partial charge in [-0.2, -0.15) is 0 Å². The number of fused-ring (bicyclic) bond motifs is 1. The van der Waals surface area contributed by atoms with Crippen molar-refractivity contribution in [2.24, 2.45) is 5.92 Å². The topological polar surface area (TPSA) is 30.2 Å². The van der Waals surface area contributed by atoms with E-state index < -0.39 is 0 Å². The molecule has 3 nitrogen and oxygen atoms in total. The summed E-state index contributed by atoms with van der Waals surface area (Å²) in [6.07, 6.45) is 4.86. The molecule has 74 valence electrons. The Balaban J connectivity index is 2.56. The Morgan fingerprint density at radius 2 is 2.21 bits per heavy atom. The Bertz CT molecular complexity index is 443. The average molecular weight is 189 g/mol. The van der Waals surface area contributed by atoms with Gasteiger partial charge in [-0.25, -0.2) is 9.97 Å². The van der Waals surface area contributed by atoms with E-state index in [-0.39, 0.29) is 0 Å². The van der Waals surface area contributed by atoms with Gasteiger partial charge in [0.1, 0.15) is 0 Å². The summed E-state index contributed by atoms with van der Waals surface area (Å²) >= 11 is 0. The van der Waals surface area contributed by atoms with E-state index in [0.717, 1.165) is 17.9 Å². The van der Waals surface area contributed by atoms with Gasteiger partial charge in [-0.1, -0.05) is 13.8 Å². The van der Waals surface area contributed by atoms with Crippen LogP contribution in [0.4, 0.5) is 0 Å². The first-order chi connectivity index (χ1) is 6.68. The van der Waals surface area contributed by atoms with Crippen LogP contribution in [0.5, 0.6) is 0 Å². The van der Waals surface area contributed by atoms with E-state index in [1.165, 1.54) is 5.69 Å². The van der Waals surface area contributed by atoms with Gasteiger partial charge in [-0.15, -0.1) is 0 Å². The van der Waals surface area contributed by atoms with Crippen LogP contribution >= 0.6 is 0 Å². The molecule has 0 saturated carbocycles. The number of aryl methyl sites for hydroxylation is 1. The maximum atomic E-state index is 4.42. The average Bonchev–Trinajstić information content (AvgIpc) is 2.43. The Morgan fingerprint density at radius 1 is 1.43 bits per heavy atom. The number of rotatable bonds is 2. The number of hydrogen-bond acceptors (Lipinski definition) is 2. The molecule has 0 saturated heterocycles. The van der Waals surface area contributed by atoms with Crippen molar-refractivity contribution in [2.75, 3.05) is 0 Å². The lowest BCUT2D eigenvalue weighted by Crippen LogP contribution is -2.00. The minimum Gasteiger partial charge on any atom is -0.288 e. The molecule has 0 aliphatic rings. The molecule has 0 fully saturated rings. The van der Waals surface area contributed by atoms with E-state index in [1.54, 1.807) is 6.20 Å². The summed E-state index contributed by atoms with van der Waals surface area (Å²) in [5.74, 6) is 1.45. The summed E-state index contributed by atoms with van der Waals surface area (Å²) in [5.41, 5.74) is 2.38. The summed E-state index contributed by atoms with van der Waals surface area (Å²) < 4.78 is 2.08. The predicted molar refractivity (Wildman–Crippen MR) is 56.3 cm³/mol. The summed E-state index contributed by atoms with van der Waals surface area (Å²) in [6.45, 7) is 6.48. The van der Waals surface area contributed by atoms with Gasteiger partial charge in [-0.3, -0.25) is 4.40 Å².